The van der Waals surface area contributed by atoms with Crippen molar-refractivity contribution in [2.75, 3.05) is 0 Å². The number of rotatable bonds is 7. The second-order valence-corrected chi connectivity index (χ2v) is 8.92. The van der Waals surface area contributed by atoms with E-state index in [-0.39, 0.29) is 11.8 Å². The maximum atomic E-state index is 12.4. The lowest BCUT2D eigenvalue weighted by atomic mass is 9.90. The Labute approximate surface area is 204 Å². The quantitative estimate of drug-likeness (QED) is 0.312. The van der Waals surface area contributed by atoms with Crippen molar-refractivity contribution in [3.8, 4) is 11.1 Å². The van der Waals surface area contributed by atoms with Gasteiger partial charge >= 0.3 is 0 Å². The third-order valence-electron chi connectivity index (χ3n) is 6.41. The zero-order valence-corrected chi connectivity index (χ0v) is 20.0. The average Bonchev–Trinajstić information content (AvgIpc) is 3.44. The Balaban J connectivity index is 1.82. The predicted molar refractivity (Wildman–Crippen MR) is 139 cm³/mol. The highest BCUT2D eigenvalue weighted by molar-refractivity contribution is 6.08. The van der Waals surface area contributed by atoms with Gasteiger partial charge in [-0.15, -0.1) is 0 Å². The Morgan fingerprint density at radius 3 is 2.34 bits per heavy atom. The van der Waals surface area contributed by atoms with E-state index in [1.54, 1.807) is 18.5 Å². The van der Waals surface area contributed by atoms with Crippen molar-refractivity contribution >= 4 is 22.4 Å². The Kier molecular flexibility index (Phi) is 5.87. The highest BCUT2D eigenvalue weighted by Gasteiger charge is 2.25. The van der Waals surface area contributed by atoms with Gasteiger partial charge in [-0.1, -0.05) is 48.5 Å². The lowest BCUT2D eigenvalue weighted by Gasteiger charge is -2.21. The molecule has 0 aliphatic carbocycles. The van der Waals surface area contributed by atoms with Gasteiger partial charge in [-0.2, -0.15) is 5.10 Å². The first-order valence-corrected chi connectivity index (χ1v) is 11.6. The summed E-state index contributed by atoms with van der Waals surface area (Å²) in [5.74, 6) is -0.596. The normalized spacial score (nSPS) is 13.0. The molecule has 174 valence electrons. The molecular weight excluding hydrogens is 434 g/mol. The van der Waals surface area contributed by atoms with Crippen molar-refractivity contribution in [2.24, 2.45) is 7.05 Å². The second kappa shape index (κ2) is 9.14. The summed E-state index contributed by atoms with van der Waals surface area (Å²) in [4.78, 5) is 17.2. The highest BCUT2D eigenvalue weighted by atomic mass is 16.1. The van der Waals surface area contributed by atoms with Crippen molar-refractivity contribution in [1.82, 2.24) is 19.3 Å². The van der Waals surface area contributed by atoms with Gasteiger partial charge in [-0.25, -0.2) is 0 Å². The summed E-state index contributed by atoms with van der Waals surface area (Å²) in [6.07, 6.45) is 7.84. The molecule has 2 aromatic carbocycles. The Morgan fingerprint density at radius 2 is 1.71 bits per heavy atom. The summed E-state index contributed by atoms with van der Waals surface area (Å²) in [7, 11) is 1.91. The Hall–Kier alpha value is -4.32. The molecule has 3 aromatic heterocycles. The molecule has 0 spiro atoms. The van der Waals surface area contributed by atoms with Crippen LogP contribution >= 0.6 is 0 Å². The molecule has 35 heavy (non-hydrogen) atoms. The fourth-order valence-corrected chi connectivity index (χ4v) is 4.89. The number of ketones is 1. The maximum absolute atomic E-state index is 12.4. The van der Waals surface area contributed by atoms with Crippen molar-refractivity contribution in [3.05, 3.63) is 108 Å². The number of Topliss-reactive ketones (excluding diaryl/α,β-unsaturated/α-hetero) is 1. The molecule has 0 saturated carbocycles. The Bertz CT molecular complexity index is 1460. The van der Waals surface area contributed by atoms with Crippen LogP contribution in [0, 0.1) is 5.41 Å². The lowest BCUT2D eigenvalue weighted by Crippen LogP contribution is -2.17. The summed E-state index contributed by atoms with van der Waals surface area (Å²) in [5.41, 5.74) is 6.25. The molecule has 6 heteroatoms. The number of aryl methyl sites for hydroxylation is 1. The van der Waals surface area contributed by atoms with E-state index < -0.39 is 5.92 Å². The lowest BCUT2D eigenvalue weighted by molar-refractivity contribution is -0.117. The molecule has 0 fully saturated rings. The van der Waals surface area contributed by atoms with Gasteiger partial charge < -0.3 is 9.98 Å². The molecule has 2 unspecified atom stereocenters. The smallest absolute Gasteiger partial charge is 0.142 e. The number of fused-ring (bicyclic) bond motifs is 1. The van der Waals surface area contributed by atoms with Gasteiger partial charge in [-0.3, -0.25) is 14.5 Å². The molecule has 3 heterocycles. The fourth-order valence-electron chi connectivity index (χ4n) is 4.89. The number of carbonyl (C=O) groups excluding carboxylic acids is 1. The summed E-state index contributed by atoms with van der Waals surface area (Å²) in [5, 5.41) is 13.7. The van der Waals surface area contributed by atoms with Crippen LogP contribution < -0.4 is 0 Å². The number of hydrogen-bond donors (Lipinski definition) is 1. The van der Waals surface area contributed by atoms with Crippen LogP contribution in [0.3, 0.4) is 0 Å². The Morgan fingerprint density at radius 1 is 0.943 bits per heavy atom. The van der Waals surface area contributed by atoms with Crippen LogP contribution in [-0.4, -0.2) is 30.8 Å². The van der Waals surface area contributed by atoms with E-state index in [2.05, 4.69) is 40.1 Å². The molecule has 1 N–H and O–H groups in total. The number of nitrogens with one attached hydrogen (secondary N) is 1. The van der Waals surface area contributed by atoms with Gasteiger partial charge in [0.2, 0.25) is 0 Å². The van der Waals surface area contributed by atoms with Crippen molar-refractivity contribution in [3.63, 3.8) is 0 Å². The zero-order valence-electron chi connectivity index (χ0n) is 20.0. The average molecular weight is 462 g/mol. The summed E-state index contributed by atoms with van der Waals surface area (Å²) < 4.78 is 4.03. The first-order chi connectivity index (χ1) is 16.9. The zero-order chi connectivity index (χ0) is 24.5. The summed E-state index contributed by atoms with van der Waals surface area (Å²) in [6.45, 7) is 3.24. The number of nitrogens with zero attached hydrogens (tertiary/aromatic N) is 4. The molecule has 0 radical (unpaired) electrons. The summed E-state index contributed by atoms with van der Waals surface area (Å²) >= 11 is 0. The van der Waals surface area contributed by atoms with Crippen LogP contribution in [0.25, 0.3) is 22.0 Å². The maximum Gasteiger partial charge on any atom is 0.142 e. The first kappa shape index (κ1) is 22.5. The standard InChI is InChI=1S/C29H27N5O/c1-19(30)28(20(2)35)22-12-13-24-25(23-16-32-33(3)17-23)18-34(27(24)15-22)29(21-9-5-4-6-10-21)26-11-7-8-14-31-26/h4-18,28-30H,1-3H3. The monoisotopic (exact) mass is 461 g/mol. The number of carbonyl (C=O) groups is 1. The third-order valence-corrected chi connectivity index (χ3v) is 6.41. The highest BCUT2D eigenvalue weighted by Crippen LogP contribution is 2.38. The number of aromatic nitrogens is 4. The van der Waals surface area contributed by atoms with Gasteiger partial charge in [0.1, 0.15) is 11.8 Å². The van der Waals surface area contributed by atoms with Crippen molar-refractivity contribution in [1.29, 1.82) is 5.41 Å². The fraction of sp³-hybridized carbons (Fsp3) is 0.172. The van der Waals surface area contributed by atoms with E-state index in [1.807, 2.05) is 68.1 Å². The third kappa shape index (κ3) is 4.19. The van der Waals surface area contributed by atoms with E-state index in [0.717, 1.165) is 38.9 Å². The minimum Gasteiger partial charge on any atom is -0.334 e. The topological polar surface area (TPSA) is 76.6 Å². The van der Waals surface area contributed by atoms with E-state index in [1.165, 1.54) is 0 Å². The van der Waals surface area contributed by atoms with Gasteiger partial charge in [0.05, 0.1) is 17.8 Å². The number of pyridine rings is 1. The van der Waals surface area contributed by atoms with Crippen molar-refractivity contribution < 1.29 is 4.79 Å². The first-order valence-electron chi connectivity index (χ1n) is 11.6. The molecule has 0 amide bonds. The SMILES string of the molecule is CC(=N)C(C(C)=O)c1ccc2c(-c3cnn(C)c3)cn(C(c3ccccc3)c3ccccn3)c2c1. The summed E-state index contributed by atoms with van der Waals surface area (Å²) in [6, 6.07) is 22.2. The molecule has 5 rings (SSSR count). The molecule has 0 aliphatic rings. The van der Waals surface area contributed by atoms with Crippen LogP contribution in [-0.2, 0) is 11.8 Å². The molecule has 0 bridgehead atoms. The van der Waals surface area contributed by atoms with Crippen LogP contribution in [0.5, 0.6) is 0 Å². The van der Waals surface area contributed by atoms with Gasteiger partial charge in [0, 0.05) is 53.4 Å². The van der Waals surface area contributed by atoms with E-state index in [4.69, 9.17) is 10.4 Å². The number of hydrogen-bond acceptors (Lipinski definition) is 4. The molecular formula is C29H27N5O. The molecule has 6 nitrogen and oxygen atoms in total. The van der Waals surface area contributed by atoms with Gasteiger partial charge in [0.15, 0.2) is 0 Å². The van der Waals surface area contributed by atoms with E-state index in [9.17, 15) is 4.79 Å². The minimum absolute atomic E-state index is 0.0354. The van der Waals surface area contributed by atoms with Gasteiger partial charge in [0.25, 0.3) is 0 Å². The van der Waals surface area contributed by atoms with Crippen LogP contribution in [0.15, 0.2) is 91.5 Å². The molecule has 2 atom stereocenters. The molecule has 0 aliphatic heterocycles. The molecule has 0 saturated heterocycles. The second-order valence-electron chi connectivity index (χ2n) is 8.92. The van der Waals surface area contributed by atoms with Crippen LogP contribution in [0.4, 0.5) is 0 Å². The van der Waals surface area contributed by atoms with Gasteiger partial charge in [-0.05, 0) is 43.2 Å². The predicted octanol–water partition coefficient (Wildman–Crippen LogP) is 5.79. The minimum atomic E-state index is -0.561. The van der Waals surface area contributed by atoms with E-state index >= 15 is 0 Å². The van der Waals surface area contributed by atoms with Crippen molar-refractivity contribution in [2.45, 2.75) is 25.8 Å². The molecule has 5 aromatic rings. The van der Waals surface area contributed by atoms with Crippen LogP contribution in [0.1, 0.15) is 42.6 Å². The number of benzene rings is 2. The largest absolute Gasteiger partial charge is 0.334 e. The van der Waals surface area contributed by atoms with E-state index in [0.29, 0.717) is 5.71 Å². The van der Waals surface area contributed by atoms with Crippen LogP contribution in [0.2, 0.25) is 0 Å².